The lowest BCUT2D eigenvalue weighted by molar-refractivity contribution is -0.148. The van der Waals surface area contributed by atoms with Gasteiger partial charge in [0.25, 0.3) is 0 Å². The highest BCUT2D eigenvalue weighted by Crippen LogP contribution is 2.19. The van der Waals surface area contributed by atoms with Crippen LogP contribution in [-0.2, 0) is 14.3 Å². The van der Waals surface area contributed by atoms with Crippen molar-refractivity contribution in [3.63, 3.8) is 0 Å². The smallest absolute Gasteiger partial charge is 0.308 e. The van der Waals surface area contributed by atoms with Gasteiger partial charge >= 0.3 is 5.97 Å². The van der Waals surface area contributed by atoms with Crippen molar-refractivity contribution in [2.24, 2.45) is 5.92 Å². The Morgan fingerprint density at radius 1 is 1.23 bits per heavy atom. The maximum Gasteiger partial charge on any atom is 0.308 e. The quantitative estimate of drug-likeness (QED) is 0.780. The van der Waals surface area contributed by atoms with E-state index in [-0.39, 0.29) is 17.8 Å². The molecule has 1 aromatic rings. The van der Waals surface area contributed by atoms with Crippen molar-refractivity contribution in [2.75, 3.05) is 38.2 Å². The topological polar surface area (TPSA) is 49.9 Å². The summed E-state index contributed by atoms with van der Waals surface area (Å²) in [6.07, 6.45) is 1.38. The number of anilines is 1. The second-order valence-corrected chi connectivity index (χ2v) is 5.53. The number of methoxy groups -OCH3 is 1. The van der Waals surface area contributed by atoms with Gasteiger partial charge in [-0.05, 0) is 31.9 Å². The number of para-hydroxylation sites is 1. The van der Waals surface area contributed by atoms with Gasteiger partial charge in [0.2, 0.25) is 5.91 Å². The number of benzene rings is 1. The summed E-state index contributed by atoms with van der Waals surface area (Å²) in [5.41, 5.74) is 1.06. The normalized spacial score (nSPS) is 15.5. The number of rotatable bonds is 5. The molecule has 0 aromatic heterocycles. The van der Waals surface area contributed by atoms with Gasteiger partial charge in [0, 0.05) is 25.3 Å². The number of amides is 1. The maximum absolute atomic E-state index is 12.5. The highest BCUT2D eigenvalue weighted by molar-refractivity contribution is 5.82. The predicted octanol–water partition coefficient (Wildman–Crippen LogP) is 1.92. The molecule has 1 saturated heterocycles. The molecule has 22 heavy (non-hydrogen) atoms. The number of nitrogens with zero attached hydrogens (tertiary/aromatic N) is 2. The first-order valence-electron chi connectivity index (χ1n) is 7.81. The highest BCUT2D eigenvalue weighted by atomic mass is 16.5. The molecule has 1 heterocycles. The zero-order valence-corrected chi connectivity index (χ0v) is 13.3. The third-order valence-electron chi connectivity index (χ3n) is 4.21. The number of ether oxygens (including phenoxy) is 1. The van der Waals surface area contributed by atoms with Gasteiger partial charge in [0.1, 0.15) is 0 Å². The van der Waals surface area contributed by atoms with Gasteiger partial charge in [-0.1, -0.05) is 18.2 Å². The number of hydrogen-bond donors (Lipinski definition) is 0. The predicted molar refractivity (Wildman–Crippen MR) is 85.6 cm³/mol. The molecule has 5 nitrogen and oxygen atoms in total. The molecule has 5 heteroatoms. The van der Waals surface area contributed by atoms with Gasteiger partial charge in [-0.3, -0.25) is 9.59 Å². The van der Waals surface area contributed by atoms with Crippen LogP contribution < -0.4 is 4.90 Å². The summed E-state index contributed by atoms with van der Waals surface area (Å²) in [5, 5.41) is 0. The fourth-order valence-electron chi connectivity index (χ4n) is 2.82. The molecule has 0 spiro atoms. The Kier molecular flexibility index (Phi) is 5.81. The summed E-state index contributed by atoms with van der Waals surface area (Å²) in [6.45, 7) is 4.47. The van der Waals surface area contributed by atoms with Crippen LogP contribution in [0.1, 0.15) is 19.8 Å². The monoisotopic (exact) mass is 304 g/mol. The van der Waals surface area contributed by atoms with Crippen LogP contribution in [0, 0.1) is 5.92 Å². The second-order valence-electron chi connectivity index (χ2n) is 5.53. The molecular weight excluding hydrogens is 280 g/mol. The molecule has 0 aliphatic carbocycles. The Bertz CT molecular complexity index is 496. The third-order valence-corrected chi connectivity index (χ3v) is 4.21. The number of hydrogen-bond acceptors (Lipinski definition) is 4. The van der Waals surface area contributed by atoms with E-state index in [1.165, 1.54) is 7.11 Å². The molecule has 0 radical (unpaired) electrons. The summed E-state index contributed by atoms with van der Waals surface area (Å²) < 4.78 is 4.77. The van der Waals surface area contributed by atoms with Crippen molar-refractivity contribution in [3.05, 3.63) is 30.3 Å². The summed E-state index contributed by atoms with van der Waals surface area (Å²) in [4.78, 5) is 27.9. The Labute approximate surface area is 131 Å². The lowest BCUT2D eigenvalue weighted by Crippen LogP contribution is -2.45. The molecule has 2 rings (SSSR count). The Balaban J connectivity index is 1.89. The van der Waals surface area contributed by atoms with Gasteiger partial charge in [-0.2, -0.15) is 0 Å². The van der Waals surface area contributed by atoms with Gasteiger partial charge < -0.3 is 14.5 Å². The van der Waals surface area contributed by atoms with E-state index in [1.54, 1.807) is 0 Å². The minimum absolute atomic E-state index is 0.0644. The lowest BCUT2D eigenvalue weighted by Gasteiger charge is -2.33. The van der Waals surface area contributed by atoms with E-state index in [0.29, 0.717) is 32.5 Å². The molecule has 1 amide bonds. The lowest BCUT2D eigenvalue weighted by atomic mass is 9.97. The molecule has 0 atom stereocenters. The number of carbonyl (C=O) groups excluding carboxylic acids is 2. The fraction of sp³-hybridized carbons (Fsp3) is 0.529. The van der Waals surface area contributed by atoms with Gasteiger partial charge in [-0.25, -0.2) is 0 Å². The number of likely N-dealkylation sites (N-methyl/N-ethyl adjacent to an activating group) is 1. The van der Waals surface area contributed by atoms with Crippen molar-refractivity contribution in [1.82, 2.24) is 4.90 Å². The van der Waals surface area contributed by atoms with Gasteiger partial charge in [-0.15, -0.1) is 0 Å². The number of likely N-dealkylation sites (tertiary alicyclic amines) is 1. The molecule has 120 valence electrons. The van der Waals surface area contributed by atoms with E-state index in [9.17, 15) is 9.59 Å². The molecule has 0 N–H and O–H groups in total. The average molecular weight is 304 g/mol. The SMILES string of the molecule is CCN(CC(=O)N1CCC(C(=O)OC)CC1)c1ccccc1. The second kappa shape index (κ2) is 7.82. The van der Waals surface area contributed by atoms with Crippen LogP contribution >= 0.6 is 0 Å². The Hall–Kier alpha value is -2.04. The van der Waals surface area contributed by atoms with Crippen LogP contribution in [0.2, 0.25) is 0 Å². The first kappa shape index (κ1) is 16.3. The van der Waals surface area contributed by atoms with Crippen LogP contribution in [0.4, 0.5) is 5.69 Å². The van der Waals surface area contributed by atoms with Crippen LogP contribution in [0.15, 0.2) is 30.3 Å². The summed E-state index contributed by atoms with van der Waals surface area (Å²) in [6, 6.07) is 9.95. The van der Waals surface area contributed by atoms with Crippen LogP contribution in [0.25, 0.3) is 0 Å². The summed E-state index contributed by atoms with van der Waals surface area (Å²) in [5.74, 6) is -0.106. The number of carbonyl (C=O) groups is 2. The molecule has 1 aliphatic rings. The molecule has 0 saturated carbocycles. The van der Waals surface area contributed by atoms with Crippen LogP contribution in [-0.4, -0.2) is 50.1 Å². The molecule has 0 unspecified atom stereocenters. The van der Waals surface area contributed by atoms with Crippen molar-refractivity contribution in [2.45, 2.75) is 19.8 Å². The molecule has 1 aromatic carbocycles. The van der Waals surface area contributed by atoms with E-state index in [1.807, 2.05) is 42.2 Å². The first-order valence-corrected chi connectivity index (χ1v) is 7.81. The minimum Gasteiger partial charge on any atom is -0.469 e. The third kappa shape index (κ3) is 4.00. The molecule has 0 bridgehead atoms. The fourth-order valence-corrected chi connectivity index (χ4v) is 2.82. The van der Waals surface area contributed by atoms with E-state index in [2.05, 4.69) is 4.90 Å². The number of piperidine rings is 1. The van der Waals surface area contributed by atoms with Crippen LogP contribution in [0.3, 0.4) is 0 Å². The van der Waals surface area contributed by atoms with E-state index in [4.69, 9.17) is 4.74 Å². The van der Waals surface area contributed by atoms with Gasteiger partial charge in [0.05, 0.1) is 19.6 Å². The zero-order valence-electron chi connectivity index (χ0n) is 13.3. The van der Waals surface area contributed by atoms with Crippen LogP contribution in [0.5, 0.6) is 0 Å². The minimum atomic E-state index is -0.161. The Morgan fingerprint density at radius 3 is 2.41 bits per heavy atom. The van der Waals surface area contributed by atoms with E-state index >= 15 is 0 Å². The maximum atomic E-state index is 12.5. The molecular formula is C17H24N2O3. The van der Waals surface area contributed by atoms with Crippen molar-refractivity contribution < 1.29 is 14.3 Å². The van der Waals surface area contributed by atoms with Crippen molar-refractivity contribution >= 4 is 17.6 Å². The zero-order chi connectivity index (χ0) is 15.9. The highest BCUT2D eigenvalue weighted by Gasteiger charge is 2.28. The average Bonchev–Trinajstić information content (AvgIpc) is 2.59. The Morgan fingerprint density at radius 2 is 1.86 bits per heavy atom. The van der Waals surface area contributed by atoms with E-state index in [0.717, 1.165) is 12.2 Å². The molecule has 1 fully saturated rings. The van der Waals surface area contributed by atoms with Gasteiger partial charge in [0.15, 0.2) is 0 Å². The summed E-state index contributed by atoms with van der Waals surface area (Å²) in [7, 11) is 1.42. The first-order chi connectivity index (χ1) is 10.7. The van der Waals surface area contributed by atoms with Crippen molar-refractivity contribution in [3.8, 4) is 0 Å². The van der Waals surface area contributed by atoms with Crippen molar-refractivity contribution in [1.29, 1.82) is 0 Å². The number of esters is 1. The largest absolute Gasteiger partial charge is 0.469 e. The standard InChI is InChI=1S/C17H24N2O3/c1-3-18(15-7-5-4-6-8-15)13-16(20)19-11-9-14(10-12-19)17(21)22-2/h4-8,14H,3,9-13H2,1-2H3. The van der Waals surface area contributed by atoms with E-state index < -0.39 is 0 Å². The molecule has 1 aliphatic heterocycles. The summed E-state index contributed by atoms with van der Waals surface area (Å²) >= 11 is 0.